The molecule has 0 radical (unpaired) electrons. The van der Waals surface area contributed by atoms with Crippen molar-refractivity contribution < 1.29 is 0 Å². The Hall–Kier alpha value is -2.34. The zero-order valence-corrected chi connectivity index (χ0v) is 15.9. The van der Waals surface area contributed by atoms with E-state index in [2.05, 4.69) is 89.2 Å². The van der Waals surface area contributed by atoms with Crippen molar-refractivity contribution in [1.29, 1.82) is 0 Å². The number of hydrogen-bond donors (Lipinski definition) is 0. The average molecular weight is 326 g/mol. The van der Waals surface area contributed by atoms with Crippen LogP contribution in [0.1, 0.15) is 64.6 Å². The van der Waals surface area contributed by atoms with E-state index in [1.807, 2.05) is 0 Å². The minimum absolute atomic E-state index is 0.355. The Bertz CT molecular complexity index is 937. The molecule has 25 heavy (non-hydrogen) atoms. The van der Waals surface area contributed by atoms with E-state index < -0.39 is 0 Å². The summed E-state index contributed by atoms with van der Waals surface area (Å²) in [5, 5.41) is 0. The van der Waals surface area contributed by atoms with E-state index in [1.54, 1.807) is 0 Å². The molecule has 3 aromatic rings. The lowest BCUT2D eigenvalue weighted by Gasteiger charge is -2.21. The van der Waals surface area contributed by atoms with Gasteiger partial charge in [-0.05, 0) is 71.2 Å². The Balaban J connectivity index is 2.00. The van der Waals surface area contributed by atoms with Gasteiger partial charge in [0, 0.05) is 5.92 Å². The van der Waals surface area contributed by atoms with Gasteiger partial charge in [0.25, 0.3) is 0 Å². The molecule has 4 rings (SSSR count). The lowest BCUT2D eigenvalue weighted by molar-refractivity contribution is 0.865. The molecule has 126 valence electrons. The summed E-state index contributed by atoms with van der Waals surface area (Å²) < 4.78 is 0. The third-order valence-electron chi connectivity index (χ3n) is 5.64. The van der Waals surface area contributed by atoms with E-state index >= 15 is 0 Å². The summed E-state index contributed by atoms with van der Waals surface area (Å²) in [6.45, 7) is 11.3. The highest BCUT2D eigenvalue weighted by molar-refractivity contribution is 5.81. The fraction of sp³-hybridized carbons (Fsp3) is 0.280. The first kappa shape index (κ1) is 16.1. The van der Waals surface area contributed by atoms with E-state index in [1.165, 1.54) is 50.1 Å². The van der Waals surface area contributed by atoms with Gasteiger partial charge in [-0.1, -0.05) is 74.0 Å². The molecule has 0 N–H and O–H groups in total. The zero-order valence-electron chi connectivity index (χ0n) is 15.9. The average Bonchev–Trinajstić information content (AvgIpc) is 2.88. The summed E-state index contributed by atoms with van der Waals surface area (Å²) >= 11 is 0. The van der Waals surface area contributed by atoms with Gasteiger partial charge in [0.05, 0.1) is 0 Å². The van der Waals surface area contributed by atoms with Crippen LogP contribution in [0.5, 0.6) is 0 Å². The maximum atomic E-state index is 2.41. The molecule has 0 saturated carbocycles. The minimum Gasteiger partial charge on any atom is -0.0619 e. The predicted octanol–water partition coefficient (Wildman–Crippen LogP) is 6.90. The van der Waals surface area contributed by atoms with Crippen LogP contribution in [0.4, 0.5) is 0 Å². The molecule has 0 heterocycles. The summed E-state index contributed by atoms with van der Waals surface area (Å²) in [4.78, 5) is 0. The molecule has 0 spiro atoms. The molecule has 1 aliphatic rings. The fourth-order valence-corrected chi connectivity index (χ4v) is 4.54. The molecule has 1 unspecified atom stereocenters. The summed E-state index contributed by atoms with van der Waals surface area (Å²) in [5.41, 5.74) is 12.8. The van der Waals surface area contributed by atoms with Gasteiger partial charge >= 0.3 is 0 Å². The summed E-state index contributed by atoms with van der Waals surface area (Å²) in [6, 6.07) is 20.7. The first-order valence-corrected chi connectivity index (χ1v) is 9.28. The van der Waals surface area contributed by atoms with Gasteiger partial charge in [-0.2, -0.15) is 0 Å². The largest absolute Gasteiger partial charge is 0.0619 e. The van der Waals surface area contributed by atoms with E-state index in [0.717, 1.165) is 0 Å². The van der Waals surface area contributed by atoms with E-state index in [9.17, 15) is 0 Å². The van der Waals surface area contributed by atoms with Gasteiger partial charge in [0.1, 0.15) is 0 Å². The van der Waals surface area contributed by atoms with Crippen molar-refractivity contribution in [3.63, 3.8) is 0 Å². The quantitative estimate of drug-likeness (QED) is 0.376. The van der Waals surface area contributed by atoms with Crippen LogP contribution in [-0.4, -0.2) is 0 Å². The van der Waals surface area contributed by atoms with Crippen molar-refractivity contribution in [3.05, 3.63) is 93.5 Å². The highest BCUT2D eigenvalue weighted by Gasteiger charge is 2.31. The predicted molar refractivity (Wildman–Crippen MR) is 108 cm³/mol. The number of hydrogen-bond acceptors (Lipinski definition) is 0. The highest BCUT2D eigenvalue weighted by Crippen LogP contribution is 2.50. The normalized spacial score (nSPS) is 15.4. The molecule has 0 aliphatic heterocycles. The molecule has 0 amide bonds. The molecule has 3 aromatic carbocycles. The van der Waals surface area contributed by atoms with E-state index in [4.69, 9.17) is 0 Å². The van der Waals surface area contributed by atoms with Gasteiger partial charge in [0.15, 0.2) is 0 Å². The van der Waals surface area contributed by atoms with Crippen molar-refractivity contribution in [2.75, 3.05) is 0 Å². The first-order valence-electron chi connectivity index (χ1n) is 9.28. The summed E-state index contributed by atoms with van der Waals surface area (Å²) in [7, 11) is 0. The molecule has 0 saturated heterocycles. The molecular weight excluding hydrogens is 300 g/mol. The van der Waals surface area contributed by atoms with Crippen LogP contribution >= 0.6 is 0 Å². The third kappa shape index (κ3) is 2.52. The van der Waals surface area contributed by atoms with Gasteiger partial charge in [-0.3, -0.25) is 0 Å². The van der Waals surface area contributed by atoms with E-state index in [-0.39, 0.29) is 0 Å². The second-order valence-electron chi connectivity index (χ2n) is 7.83. The van der Waals surface area contributed by atoms with Crippen LogP contribution in [0.25, 0.3) is 11.1 Å². The Morgan fingerprint density at radius 2 is 1.36 bits per heavy atom. The Morgan fingerprint density at radius 1 is 0.720 bits per heavy atom. The first-order chi connectivity index (χ1) is 12.0. The summed E-state index contributed by atoms with van der Waals surface area (Å²) in [5.74, 6) is 0.910. The minimum atomic E-state index is 0.355. The van der Waals surface area contributed by atoms with Crippen LogP contribution < -0.4 is 0 Å². The van der Waals surface area contributed by atoms with Crippen LogP contribution in [0.3, 0.4) is 0 Å². The second-order valence-corrected chi connectivity index (χ2v) is 7.83. The van der Waals surface area contributed by atoms with Gasteiger partial charge < -0.3 is 0 Å². The number of fused-ring (bicyclic) bond motifs is 3. The van der Waals surface area contributed by atoms with Crippen molar-refractivity contribution >= 4 is 0 Å². The Morgan fingerprint density at radius 3 is 2.04 bits per heavy atom. The molecule has 0 nitrogen and oxygen atoms in total. The van der Waals surface area contributed by atoms with Gasteiger partial charge in [-0.25, -0.2) is 0 Å². The van der Waals surface area contributed by atoms with Crippen molar-refractivity contribution in [2.24, 2.45) is 0 Å². The maximum Gasteiger partial charge on any atom is 0.0357 e. The lowest BCUT2D eigenvalue weighted by atomic mass is 9.83. The molecule has 0 bridgehead atoms. The highest BCUT2D eigenvalue weighted by atomic mass is 14.3. The zero-order chi connectivity index (χ0) is 17.7. The number of benzene rings is 3. The summed E-state index contributed by atoms with van der Waals surface area (Å²) in [6.07, 6.45) is 0. The Kier molecular flexibility index (Phi) is 3.80. The number of rotatable bonds is 2. The lowest BCUT2D eigenvalue weighted by Crippen LogP contribution is -2.05. The maximum absolute atomic E-state index is 2.41. The standard InChI is InChI=1S/C25H26/c1-15(2)19-10-11-22-23(14-19)20-8-6-7-9-21(20)25(22)24-17(4)12-16(3)13-18(24)5/h6-15,25H,1-5H3. The van der Waals surface area contributed by atoms with Crippen molar-refractivity contribution in [3.8, 4) is 11.1 Å². The van der Waals surface area contributed by atoms with Crippen LogP contribution in [0, 0.1) is 20.8 Å². The second kappa shape index (κ2) is 5.88. The molecule has 0 fully saturated rings. The van der Waals surface area contributed by atoms with Crippen molar-refractivity contribution in [1.82, 2.24) is 0 Å². The monoisotopic (exact) mass is 326 g/mol. The SMILES string of the molecule is Cc1cc(C)c(C2c3ccccc3-c3cc(C(C)C)ccc32)c(C)c1. The molecule has 0 aromatic heterocycles. The molecule has 1 aliphatic carbocycles. The topological polar surface area (TPSA) is 0 Å². The van der Waals surface area contributed by atoms with Gasteiger partial charge in [0.2, 0.25) is 0 Å². The fourth-order valence-electron chi connectivity index (χ4n) is 4.54. The molecule has 1 atom stereocenters. The third-order valence-corrected chi connectivity index (χ3v) is 5.64. The van der Waals surface area contributed by atoms with Crippen LogP contribution in [-0.2, 0) is 0 Å². The van der Waals surface area contributed by atoms with Gasteiger partial charge in [-0.15, -0.1) is 0 Å². The van der Waals surface area contributed by atoms with E-state index in [0.29, 0.717) is 11.8 Å². The van der Waals surface area contributed by atoms with Crippen LogP contribution in [0.2, 0.25) is 0 Å². The molecular formula is C25H26. The Labute approximate surface area is 151 Å². The molecule has 0 heteroatoms. The van der Waals surface area contributed by atoms with Crippen LogP contribution in [0.15, 0.2) is 54.6 Å². The number of aryl methyl sites for hydroxylation is 3. The van der Waals surface area contributed by atoms with Crippen molar-refractivity contribution in [2.45, 2.75) is 46.5 Å². The smallest absolute Gasteiger partial charge is 0.0357 e.